The Labute approximate surface area is 124 Å². The molecule has 0 aliphatic rings. The molecule has 5 nitrogen and oxygen atoms in total. The lowest BCUT2D eigenvalue weighted by Gasteiger charge is -2.15. The van der Waals surface area contributed by atoms with Crippen molar-refractivity contribution in [2.45, 2.75) is 26.4 Å². The molecule has 0 amide bonds. The summed E-state index contributed by atoms with van der Waals surface area (Å²) >= 11 is 1.70. The van der Waals surface area contributed by atoms with Crippen molar-refractivity contribution in [2.75, 3.05) is 11.9 Å². The molecule has 1 rings (SSSR count). The van der Waals surface area contributed by atoms with Crippen LogP contribution in [0.4, 0.5) is 15.8 Å². The van der Waals surface area contributed by atoms with E-state index in [1.165, 1.54) is 6.07 Å². The van der Waals surface area contributed by atoms with Gasteiger partial charge in [-0.3, -0.25) is 10.1 Å². The molecule has 0 saturated heterocycles. The van der Waals surface area contributed by atoms with E-state index in [4.69, 9.17) is 0 Å². The van der Waals surface area contributed by atoms with Gasteiger partial charge >= 0.3 is 0 Å². The SMILES string of the molecule is CC(C)CC(O)CNc1cc(F)c(I)cc1[N+](=O)[O-]. The lowest BCUT2D eigenvalue weighted by Crippen LogP contribution is -2.21. The summed E-state index contributed by atoms with van der Waals surface area (Å²) in [6.45, 7) is 4.09. The van der Waals surface area contributed by atoms with E-state index < -0.39 is 16.8 Å². The number of rotatable bonds is 6. The number of hydrogen-bond donors (Lipinski definition) is 2. The van der Waals surface area contributed by atoms with Crippen molar-refractivity contribution in [1.82, 2.24) is 0 Å². The molecule has 0 saturated carbocycles. The van der Waals surface area contributed by atoms with Crippen LogP contribution in [0.2, 0.25) is 0 Å². The Morgan fingerprint density at radius 3 is 2.68 bits per heavy atom. The van der Waals surface area contributed by atoms with Crippen LogP contribution in [0.15, 0.2) is 12.1 Å². The molecule has 106 valence electrons. The Balaban J connectivity index is 2.82. The maximum absolute atomic E-state index is 13.4. The number of nitrogens with one attached hydrogen (secondary N) is 1. The van der Waals surface area contributed by atoms with Crippen LogP contribution in [0.25, 0.3) is 0 Å². The van der Waals surface area contributed by atoms with Crippen molar-refractivity contribution in [1.29, 1.82) is 0 Å². The summed E-state index contributed by atoms with van der Waals surface area (Å²) in [5.74, 6) is -0.202. The van der Waals surface area contributed by atoms with Gasteiger partial charge in [0, 0.05) is 18.7 Å². The Morgan fingerprint density at radius 2 is 2.16 bits per heavy atom. The number of aliphatic hydroxyl groups excluding tert-OH is 1. The lowest BCUT2D eigenvalue weighted by atomic mass is 10.1. The van der Waals surface area contributed by atoms with Gasteiger partial charge in [0.2, 0.25) is 0 Å². The van der Waals surface area contributed by atoms with Crippen LogP contribution in [0.1, 0.15) is 20.3 Å². The molecule has 0 aromatic heterocycles. The van der Waals surface area contributed by atoms with Crippen LogP contribution in [-0.2, 0) is 0 Å². The quantitative estimate of drug-likeness (QED) is 0.450. The first-order chi connectivity index (χ1) is 8.81. The summed E-state index contributed by atoms with van der Waals surface area (Å²) in [6.07, 6.45) is -0.0462. The normalized spacial score (nSPS) is 12.5. The standard InChI is InChI=1S/C12H16FIN2O3/c1-7(2)3-8(17)6-15-11-4-9(13)10(14)5-12(11)16(18)19/h4-5,7-8,15,17H,3,6H2,1-2H3. The van der Waals surface area contributed by atoms with Crippen molar-refractivity contribution in [3.05, 3.63) is 31.6 Å². The fraction of sp³-hybridized carbons (Fsp3) is 0.500. The highest BCUT2D eigenvalue weighted by molar-refractivity contribution is 14.1. The highest BCUT2D eigenvalue weighted by Gasteiger charge is 2.18. The van der Waals surface area contributed by atoms with E-state index in [9.17, 15) is 19.6 Å². The minimum atomic E-state index is -0.623. The number of benzene rings is 1. The molecule has 0 spiro atoms. The molecule has 1 unspecified atom stereocenters. The average molecular weight is 382 g/mol. The van der Waals surface area contributed by atoms with E-state index in [0.29, 0.717) is 12.3 Å². The third-order valence-electron chi connectivity index (χ3n) is 2.51. The van der Waals surface area contributed by atoms with Gasteiger partial charge in [-0.2, -0.15) is 0 Å². The number of halogens is 2. The van der Waals surface area contributed by atoms with E-state index >= 15 is 0 Å². The second kappa shape index (κ2) is 6.99. The van der Waals surface area contributed by atoms with Crippen LogP contribution in [0, 0.1) is 25.4 Å². The van der Waals surface area contributed by atoms with E-state index in [-0.39, 0.29) is 21.5 Å². The van der Waals surface area contributed by atoms with Gasteiger partial charge in [0.25, 0.3) is 5.69 Å². The topological polar surface area (TPSA) is 75.4 Å². The molecule has 1 aromatic carbocycles. The van der Waals surface area contributed by atoms with Crippen molar-refractivity contribution >= 4 is 34.0 Å². The van der Waals surface area contributed by atoms with Gasteiger partial charge in [0.05, 0.1) is 14.6 Å². The highest BCUT2D eigenvalue weighted by Crippen LogP contribution is 2.28. The second-order valence-corrected chi connectivity index (χ2v) is 5.87. The van der Waals surface area contributed by atoms with E-state index in [2.05, 4.69) is 5.32 Å². The molecular formula is C12H16FIN2O3. The minimum absolute atomic E-state index is 0.0886. The largest absolute Gasteiger partial charge is 0.391 e. The van der Waals surface area contributed by atoms with Crippen LogP contribution >= 0.6 is 22.6 Å². The molecule has 0 bridgehead atoms. The number of aliphatic hydroxyl groups is 1. The number of hydrogen-bond acceptors (Lipinski definition) is 4. The van der Waals surface area contributed by atoms with Gasteiger partial charge in [-0.1, -0.05) is 13.8 Å². The summed E-state index contributed by atoms with van der Waals surface area (Å²) < 4.78 is 13.6. The Hall–Kier alpha value is -0.960. The second-order valence-electron chi connectivity index (χ2n) is 4.70. The first kappa shape index (κ1) is 16.1. The molecule has 1 atom stereocenters. The van der Waals surface area contributed by atoms with Gasteiger partial charge in [0.1, 0.15) is 11.5 Å². The van der Waals surface area contributed by atoms with Crippen LogP contribution < -0.4 is 5.32 Å². The Kier molecular flexibility index (Phi) is 5.92. The first-order valence-corrected chi connectivity index (χ1v) is 6.94. The molecular weight excluding hydrogens is 366 g/mol. The number of anilines is 1. The van der Waals surface area contributed by atoms with Crippen LogP contribution in [-0.4, -0.2) is 22.7 Å². The fourth-order valence-electron chi connectivity index (χ4n) is 1.68. The van der Waals surface area contributed by atoms with E-state index in [1.807, 2.05) is 13.8 Å². The zero-order valence-corrected chi connectivity index (χ0v) is 12.8. The predicted octanol–water partition coefficient (Wildman–Crippen LogP) is 3.16. The smallest absolute Gasteiger partial charge is 0.293 e. The third-order valence-corrected chi connectivity index (χ3v) is 3.33. The molecule has 0 aliphatic heterocycles. The molecule has 19 heavy (non-hydrogen) atoms. The molecule has 2 N–H and O–H groups in total. The first-order valence-electron chi connectivity index (χ1n) is 5.86. The maximum atomic E-state index is 13.4. The van der Waals surface area contributed by atoms with Crippen molar-refractivity contribution in [3.63, 3.8) is 0 Å². The fourth-order valence-corrected chi connectivity index (χ4v) is 2.13. The summed E-state index contributed by atoms with van der Waals surface area (Å²) in [5.41, 5.74) is -0.103. The minimum Gasteiger partial charge on any atom is -0.391 e. The van der Waals surface area contributed by atoms with Gasteiger partial charge in [0.15, 0.2) is 0 Å². The molecule has 0 radical (unpaired) electrons. The van der Waals surface area contributed by atoms with Crippen molar-refractivity contribution < 1.29 is 14.4 Å². The lowest BCUT2D eigenvalue weighted by molar-refractivity contribution is -0.384. The van der Waals surface area contributed by atoms with E-state index in [1.54, 1.807) is 22.6 Å². The molecule has 0 heterocycles. The van der Waals surface area contributed by atoms with Crippen LogP contribution in [0.5, 0.6) is 0 Å². The molecule has 1 aromatic rings. The zero-order valence-electron chi connectivity index (χ0n) is 10.7. The number of nitrogens with zero attached hydrogens (tertiary/aromatic N) is 1. The predicted molar refractivity (Wildman–Crippen MR) is 79.7 cm³/mol. The summed E-state index contributed by atoms with van der Waals surface area (Å²) in [6, 6.07) is 2.26. The third kappa shape index (κ3) is 4.90. The Morgan fingerprint density at radius 1 is 1.53 bits per heavy atom. The van der Waals surface area contributed by atoms with Crippen LogP contribution in [0.3, 0.4) is 0 Å². The Bertz CT molecular complexity index is 469. The summed E-state index contributed by atoms with van der Waals surface area (Å²) in [4.78, 5) is 10.3. The molecule has 7 heteroatoms. The van der Waals surface area contributed by atoms with Gasteiger partial charge in [-0.15, -0.1) is 0 Å². The molecule has 0 fully saturated rings. The van der Waals surface area contributed by atoms with Crippen molar-refractivity contribution in [3.8, 4) is 0 Å². The number of nitro benzene ring substituents is 1. The van der Waals surface area contributed by atoms with Gasteiger partial charge < -0.3 is 10.4 Å². The van der Waals surface area contributed by atoms with Crippen molar-refractivity contribution in [2.24, 2.45) is 5.92 Å². The monoisotopic (exact) mass is 382 g/mol. The van der Waals surface area contributed by atoms with Gasteiger partial charge in [-0.25, -0.2) is 4.39 Å². The van der Waals surface area contributed by atoms with Gasteiger partial charge in [-0.05, 0) is 34.9 Å². The van der Waals surface area contributed by atoms with E-state index in [0.717, 1.165) is 6.07 Å². The number of nitro groups is 1. The summed E-state index contributed by atoms with van der Waals surface area (Å²) in [5, 5.41) is 23.3. The summed E-state index contributed by atoms with van der Waals surface area (Å²) in [7, 11) is 0. The molecule has 0 aliphatic carbocycles. The zero-order chi connectivity index (χ0) is 14.6. The maximum Gasteiger partial charge on any atom is 0.293 e. The highest BCUT2D eigenvalue weighted by atomic mass is 127. The average Bonchev–Trinajstić information content (AvgIpc) is 2.29.